The summed E-state index contributed by atoms with van der Waals surface area (Å²) in [4.78, 5) is 0. The Bertz CT molecular complexity index is 207. The van der Waals surface area contributed by atoms with Crippen LogP contribution in [-0.2, 0) is 9.47 Å². The molecule has 0 spiro atoms. The van der Waals surface area contributed by atoms with Crippen LogP contribution in [-0.4, -0.2) is 19.0 Å². The Hall–Kier alpha value is -0.340. The van der Waals surface area contributed by atoms with Gasteiger partial charge in [0, 0.05) is 26.1 Å². The number of rotatable bonds is 13. The molecule has 0 aromatic heterocycles. The van der Waals surface area contributed by atoms with Crippen molar-refractivity contribution in [3.63, 3.8) is 0 Å². The third kappa shape index (κ3) is 8.43. The lowest BCUT2D eigenvalue weighted by Gasteiger charge is -2.34. The van der Waals surface area contributed by atoms with Crippen LogP contribution in [0, 0.1) is 5.92 Å². The third-order valence-electron chi connectivity index (χ3n) is 3.60. The molecule has 0 fully saturated rings. The molecule has 2 heteroatoms. The van der Waals surface area contributed by atoms with Gasteiger partial charge in [0.25, 0.3) is 0 Å². The summed E-state index contributed by atoms with van der Waals surface area (Å²) in [6.45, 7) is 13.9. The fourth-order valence-corrected chi connectivity index (χ4v) is 2.44. The first-order valence-electron chi connectivity index (χ1n) is 8.04. The van der Waals surface area contributed by atoms with E-state index in [4.69, 9.17) is 9.47 Å². The normalized spacial score (nSPS) is 13.5. The molecule has 0 bridgehead atoms. The van der Waals surface area contributed by atoms with Crippen LogP contribution < -0.4 is 0 Å². The molecule has 0 aliphatic heterocycles. The van der Waals surface area contributed by atoms with Crippen LogP contribution in [0.5, 0.6) is 0 Å². The predicted molar refractivity (Wildman–Crippen MR) is 83.3 cm³/mol. The van der Waals surface area contributed by atoms with Crippen molar-refractivity contribution in [2.24, 2.45) is 5.92 Å². The van der Waals surface area contributed by atoms with Gasteiger partial charge in [0.15, 0.2) is 5.79 Å². The van der Waals surface area contributed by atoms with Gasteiger partial charge >= 0.3 is 0 Å². The van der Waals surface area contributed by atoms with Crippen LogP contribution in [0.1, 0.15) is 72.6 Å². The van der Waals surface area contributed by atoms with Crippen molar-refractivity contribution in [2.45, 2.75) is 78.4 Å². The minimum atomic E-state index is -0.348. The first kappa shape index (κ1) is 18.7. The molecule has 0 heterocycles. The zero-order valence-electron chi connectivity index (χ0n) is 13.5. The first-order chi connectivity index (χ1) is 9.14. The van der Waals surface area contributed by atoms with Crippen molar-refractivity contribution in [3.05, 3.63) is 12.7 Å². The summed E-state index contributed by atoms with van der Waals surface area (Å²) in [6, 6.07) is 0. The van der Waals surface area contributed by atoms with Crippen molar-refractivity contribution >= 4 is 0 Å². The summed E-state index contributed by atoms with van der Waals surface area (Å²) >= 11 is 0. The molecule has 0 aliphatic rings. The molecule has 0 aromatic rings. The van der Waals surface area contributed by atoms with Crippen LogP contribution in [0.25, 0.3) is 0 Å². The number of hydrogen-bond acceptors (Lipinski definition) is 2. The average Bonchev–Trinajstić information content (AvgIpc) is 2.39. The minimum absolute atomic E-state index is 0.348. The van der Waals surface area contributed by atoms with E-state index in [9.17, 15) is 0 Å². The Balaban J connectivity index is 4.37. The number of hydrogen-bond donors (Lipinski definition) is 0. The zero-order chi connectivity index (χ0) is 14.6. The largest absolute Gasteiger partial charge is 0.350 e. The Labute approximate surface area is 120 Å². The first-order valence-corrected chi connectivity index (χ1v) is 8.04. The molecular formula is C17H34O2. The highest BCUT2D eigenvalue weighted by molar-refractivity contribution is 4.77. The second-order valence-electron chi connectivity index (χ2n) is 5.34. The van der Waals surface area contributed by atoms with Crippen molar-refractivity contribution < 1.29 is 9.47 Å². The number of unbranched alkanes of at least 4 members (excludes halogenated alkanes) is 2. The fourth-order valence-electron chi connectivity index (χ4n) is 2.44. The summed E-state index contributed by atoms with van der Waals surface area (Å²) < 4.78 is 12.0. The lowest BCUT2D eigenvalue weighted by molar-refractivity contribution is -0.242. The van der Waals surface area contributed by atoms with Crippen molar-refractivity contribution in [1.82, 2.24) is 0 Å². The highest BCUT2D eigenvalue weighted by Crippen LogP contribution is 2.28. The van der Waals surface area contributed by atoms with Gasteiger partial charge in [-0.25, -0.2) is 0 Å². The van der Waals surface area contributed by atoms with E-state index >= 15 is 0 Å². The second kappa shape index (κ2) is 11.5. The van der Waals surface area contributed by atoms with Gasteiger partial charge in [-0.2, -0.15) is 0 Å². The summed E-state index contributed by atoms with van der Waals surface area (Å²) in [5, 5.41) is 0. The maximum absolute atomic E-state index is 5.98. The van der Waals surface area contributed by atoms with Crippen LogP contribution in [0.4, 0.5) is 0 Å². The monoisotopic (exact) mass is 270 g/mol. The standard InChI is InChI=1S/C17H34O2/c1-6-10-11-14-17(18-8-3,19-9-4)15-12-13-16(5)7-2/h7,16H,2,6,8-15H2,1,3-5H3. The summed E-state index contributed by atoms with van der Waals surface area (Å²) in [5.74, 6) is 0.233. The number of allylic oxidation sites excluding steroid dienone is 1. The van der Waals surface area contributed by atoms with E-state index < -0.39 is 0 Å². The molecule has 0 amide bonds. The molecule has 0 saturated carbocycles. The molecule has 114 valence electrons. The van der Waals surface area contributed by atoms with Crippen molar-refractivity contribution in [1.29, 1.82) is 0 Å². The zero-order valence-corrected chi connectivity index (χ0v) is 13.5. The Morgan fingerprint density at radius 2 is 1.58 bits per heavy atom. The highest BCUT2D eigenvalue weighted by atomic mass is 16.7. The van der Waals surface area contributed by atoms with Gasteiger partial charge in [-0.1, -0.05) is 32.8 Å². The van der Waals surface area contributed by atoms with Crippen LogP contribution in [0.2, 0.25) is 0 Å². The molecule has 0 aromatic carbocycles. The van der Waals surface area contributed by atoms with Gasteiger partial charge in [0.1, 0.15) is 0 Å². The minimum Gasteiger partial charge on any atom is -0.350 e. The van der Waals surface area contributed by atoms with Gasteiger partial charge in [0.2, 0.25) is 0 Å². The van der Waals surface area contributed by atoms with Gasteiger partial charge in [-0.05, 0) is 39.0 Å². The summed E-state index contributed by atoms with van der Waals surface area (Å²) in [5.41, 5.74) is 0. The molecule has 0 radical (unpaired) electrons. The molecule has 1 atom stereocenters. The van der Waals surface area contributed by atoms with E-state index in [0.29, 0.717) is 5.92 Å². The highest BCUT2D eigenvalue weighted by Gasteiger charge is 2.30. The Kier molecular flexibility index (Phi) is 11.3. The quantitative estimate of drug-likeness (QED) is 0.256. The van der Waals surface area contributed by atoms with Crippen molar-refractivity contribution in [2.75, 3.05) is 13.2 Å². The summed E-state index contributed by atoms with van der Waals surface area (Å²) in [7, 11) is 0. The number of ether oxygens (including phenoxy) is 2. The van der Waals surface area contributed by atoms with E-state index in [-0.39, 0.29) is 5.79 Å². The Morgan fingerprint density at radius 3 is 2.05 bits per heavy atom. The molecule has 1 unspecified atom stereocenters. The van der Waals surface area contributed by atoms with E-state index in [1.54, 1.807) is 0 Å². The molecule has 0 rings (SSSR count). The molecule has 0 N–H and O–H groups in total. The second-order valence-corrected chi connectivity index (χ2v) is 5.34. The summed E-state index contributed by atoms with van der Waals surface area (Å²) in [6.07, 6.45) is 10.0. The van der Waals surface area contributed by atoms with E-state index in [2.05, 4.69) is 34.3 Å². The predicted octanol–water partition coefficient (Wildman–Crippen LogP) is 5.33. The Morgan fingerprint density at radius 1 is 1.00 bits per heavy atom. The lowest BCUT2D eigenvalue weighted by atomic mass is 9.97. The van der Waals surface area contributed by atoms with E-state index in [1.807, 2.05) is 6.08 Å². The van der Waals surface area contributed by atoms with Crippen LogP contribution >= 0.6 is 0 Å². The lowest BCUT2D eigenvalue weighted by Crippen LogP contribution is -2.36. The molecule has 19 heavy (non-hydrogen) atoms. The van der Waals surface area contributed by atoms with Gasteiger partial charge in [-0.3, -0.25) is 0 Å². The molecular weight excluding hydrogens is 236 g/mol. The topological polar surface area (TPSA) is 18.5 Å². The van der Waals surface area contributed by atoms with Crippen LogP contribution in [0.3, 0.4) is 0 Å². The fraction of sp³-hybridized carbons (Fsp3) is 0.882. The SMILES string of the molecule is C=CC(C)CCCC(CCCCC)(OCC)OCC. The van der Waals surface area contributed by atoms with Crippen LogP contribution in [0.15, 0.2) is 12.7 Å². The third-order valence-corrected chi connectivity index (χ3v) is 3.60. The van der Waals surface area contributed by atoms with Crippen molar-refractivity contribution in [3.8, 4) is 0 Å². The van der Waals surface area contributed by atoms with E-state index in [0.717, 1.165) is 32.5 Å². The average molecular weight is 270 g/mol. The maximum atomic E-state index is 5.98. The van der Waals surface area contributed by atoms with Gasteiger partial charge < -0.3 is 9.47 Å². The van der Waals surface area contributed by atoms with Gasteiger partial charge in [-0.15, -0.1) is 6.58 Å². The molecule has 0 saturated heterocycles. The maximum Gasteiger partial charge on any atom is 0.168 e. The van der Waals surface area contributed by atoms with E-state index in [1.165, 1.54) is 25.7 Å². The molecule has 0 aliphatic carbocycles. The smallest absolute Gasteiger partial charge is 0.168 e. The molecule has 2 nitrogen and oxygen atoms in total. The van der Waals surface area contributed by atoms with Gasteiger partial charge in [0.05, 0.1) is 0 Å².